The van der Waals surface area contributed by atoms with E-state index in [1.807, 2.05) is 66.1 Å². The summed E-state index contributed by atoms with van der Waals surface area (Å²) in [5, 5.41) is 0. The summed E-state index contributed by atoms with van der Waals surface area (Å²) in [6, 6.07) is 16.8. The number of hydrogen-bond acceptors (Lipinski definition) is 5. The topological polar surface area (TPSA) is 119 Å². The van der Waals surface area contributed by atoms with E-state index in [9.17, 15) is 14.4 Å². The Bertz CT molecular complexity index is 1400. The Hall–Kier alpha value is -4.14. The number of aromatic nitrogens is 4. The molecule has 0 aliphatic carbocycles. The van der Waals surface area contributed by atoms with Crippen molar-refractivity contribution in [3.05, 3.63) is 86.8 Å². The van der Waals surface area contributed by atoms with Crippen molar-refractivity contribution >= 4 is 28.4 Å². The van der Waals surface area contributed by atoms with Gasteiger partial charge in [-0.25, -0.2) is 9.78 Å². The highest BCUT2D eigenvalue weighted by Crippen LogP contribution is 2.20. The number of aromatic amines is 1. The normalized spacial score (nSPS) is 11.1. The second-order valence-electron chi connectivity index (χ2n) is 7.47. The summed E-state index contributed by atoms with van der Waals surface area (Å²) in [6.45, 7) is 2.12. The number of likely N-dealkylation sites (N-methyl/N-ethyl adjacent to an activating group) is 1. The molecule has 0 aliphatic heterocycles. The quantitative estimate of drug-likeness (QED) is 0.481. The molecule has 2 heterocycles. The Morgan fingerprint density at radius 1 is 1.06 bits per heavy atom. The summed E-state index contributed by atoms with van der Waals surface area (Å²) in [7, 11) is 1.48. The zero-order valence-electron chi connectivity index (χ0n) is 17.9. The molecule has 0 unspecified atom stereocenters. The lowest BCUT2D eigenvalue weighted by Crippen LogP contribution is -2.40. The molecule has 0 atom stereocenters. The highest BCUT2D eigenvalue weighted by molar-refractivity contribution is 5.95. The van der Waals surface area contributed by atoms with Crippen LogP contribution in [-0.2, 0) is 24.3 Å². The third kappa shape index (κ3) is 3.80. The Morgan fingerprint density at radius 3 is 2.47 bits per heavy atom. The fraction of sp³-hybridized carbons (Fsp3) is 0.217. The molecule has 0 bridgehead atoms. The first-order valence-electron chi connectivity index (χ1n) is 10.3. The zero-order chi connectivity index (χ0) is 22.8. The third-order valence-corrected chi connectivity index (χ3v) is 5.45. The molecule has 9 nitrogen and oxygen atoms in total. The molecule has 32 heavy (non-hydrogen) atoms. The van der Waals surface area contributed by atoms with Gasteiger partial charge < -0.3 is 15.2 Å². The maximum Gasteiger partial charge on any atom is 0.330 e. The van der Waals surface area contributed by atoms with E-state index in [4.69, 9.17) is 5.73 Å². The van der Waals surface area contributed by atoms with Gasteiger partial charge in [-0.1, -0.05) is 49.4 Å². The van der Waals surface area contributed by atoms with Gasteiger partial charge in [0.15, 0.2) is 5.69 Å². The molecule has 4 aromatic rings. The lowest BCUT2D eigenvalue weighted by Gasteiger charge is -2.21. The van der Waals surface area contributed by atoms with Crippen LogP contribution in [0.3, 0.4) is 0 Å². The van der Waals surface area contributed by atoms with E-state index < -0.39 is 11.2 Å². The number of nitrogen functional groups attached to an aromatic ring is 1. The number of carbonyl (C=O) groups excluding carboxylic acids is 1. The molecule has 0 saturated heterocycles. The van der Waals surface area contributed by atoms with Gasteiger partial charge in [0.1, 0.15) is 18.2 Å². The van der Waals surface area contributed by atoms with Gasteiger partial charge in [-0.2, -0.15) is 0 Å². The Kier molecular flexibility index (Phi) is 5.63. The molecule has 3 N–H and O–H groups in total. The maximum absolute atomic E-state index is 13.2. The summed E-state index contributed by atoms with van der Waals surface area (Å²) >= 11 is 0. The average Bonchev–Trinajstić information content (AvgIpc) is 3.14. The van der Waals surface area contributed by atoms with Crippen LogP contribution in [0, 0.1) is 0 Å². The van der Waals surface area contributed by atoms with Gasteiger partial charge >= 0.3 is 5.69 Å². The Morgan fingerprint density at radius 2 is 1.75 bits per heavy atom. The van der Waals surface area contributed by atoms with Gasteiger partial charge in [-0.3, -0.25) is 19.1 Å². The smallest absolute Gasteiger partial charge is 0.330 e. The molecule has 164 valence electrons. The molecule has 0 fully saturated rings. The largest absolute Gasteiger partial charge is 0.383 e. The number of nitrogens with two attached hydrogens (primary N) is 1. The van der Waals surface area contributed by atoms with Crippen LogP contribution >= 0.6 is 0 Å². The standard InChI is InChI=1S/C23H24N6O3/c1-3-18-25-16-11-7-8-12-17(16)28(18)14-19(30)27(2)20-21(24)29(23(32)26-22(20)31)13-15-9-5-4-6-10-15/h4-12H,3,13-14,24H2,1-2H3,(H,26,31,32). The van der Waals surface area contributed by atoms with Crippen LogP contribution in [-0.4, -0.2) is 32.1 Å². The number of anilines is 2. The molecular weight excluding hydrogens is 408 g/mol. The summed E-state index contributed by atoms with van der Waals surface area (Å²) in [5.41, 5.74) is 7.29. The summed E-state index contributed by atoms with van der Waals surface area (Å²) in [6.07, 6.45) is 0.649. The van der Waals surface area contributed by atoms with Crippen molar-refractivity contribution in [2.45, 2.75) is 26.4 Å². The number of benzene rings is 2. The van der Waals surface area contributed by atoms with Crippen LogP contribution in [0.2, 0.25) is 0 Å². The highest BCUT2D eigenvalue weighted by Gasteiger charge is 2.22. The number of imidazole rings is 1. The van der Waals surface area contributed by atoms with E-state index in [1.165, 1.54) is 16.5 Å². The van der Waals surface area contributed by atoms with E-state index in [0.29, 0.717) is 6.42 Å². The number of H-pyrrole nitrogens is 1. The van der Waals surface area contributed by atoms with E-state index in [1.54, 1.807) is 0 Å². The molecule has 0 aliphatic rings. The minimum Gasteiger partial charge on any atom is -0.383 e. The van der Waals surface area contributed by atoms with Gasteiger partial charge in [0, 0.05) is 13.5 Å². The summed E-state index contributed by atoms with van der Waals surface area (Å²) in [4.78, 5) is 46.2. The molecule has 2 aromatic heterocycles. The number of carbonyl (C=O) groups is 1. The molecule has 9 heteroatoms. The summed E-state index contributed by atoms with van der Waals surface area (Å²) in [5.74, 6) is 0.346. The average molecular weight is 432 g/mol. The number of aryl methyl sites for hydroxylation is 1. The first-order valence-corrected chi connectivity index (χ1v) is 10.3. The number of hydrogen-bond donors (Lipinski definition) is 2. The number of rotatable bonds is 6. The number of nitrogens with zero attached hydrogens (tertiary/aromatic N) is 4. The van der Waals surface area contributed by atoms with Crippen molar-refractivity contribution in [1.29, 1.82) is 0 Å². The predicted octanol–water partition coefficient (Wildman–Crippen LogP) is 1.74. The van der Waals surface area contributed by atoms with Gasteiger partial charge in [0.05, 0.1) is 17.6 Å². The van der Waals surface area contributed by atoms with Crippen LogP contribution in [0.1, 0.15) is 18.3 Å². The van der Waals surface area contributed by atoms with Crippen LogP contribution < -0.4 is 21.9 Å². The monoisotopic (exact) mass is 432 g/mol. The van der Waals surface area contributed by atoms with Crippen molar-refractivity contribution in [3.8, 4) is 0 Å². The van der Waals surface area contributed by atoms with Crippen LogP contribution in [0.15, 0.2) is 64.2 Å². The van der Waals surface area contributed by atoms with E-state index >= 15 is 0 Å². The van der Waals surface area contributed by atoms with Crippen LogP contribution in [0.5, 0.6) is 0 Å². The lowest BCUT2D eigenvalue weighted by atomic mass is 10.2. The van der Waals surface area contributed by atoms with Crippen LogP contribution in [0.4, 0.5) is 11.5 Å². The lowest BCUT2D eigenvalue weighted by molar-refractivity contribution is -0.118. The first kappa shape index (κ1) is 21.1. The van der Waals surface area contributed by atoms with Crippen molar-refractivity contribution in [2.24, 2.45) is 0 Å². The fourth-order valence-corrected chi connectivity index (χ4v) is 3.76. The Balaban J connectivity index is 1.70. The van der Waals surface area contributed by atoms with Crippen molar-refractivity contribution in [2.75, 3.05) is 17.7 Å². The molecule has 1 amide bonds. The number of nitrogens with one attached hydrogen (secondary N) is 1. The minimum absolute atomic E-state index is 0.0170. The predicted molar refractivity (Wildman–Crippen MR) is 124 cm³/mol. The number of para-hydroxylation sites is 2. The molecule has 0 saturated carbocycles. The third-order valence-electron chi connectivity index (χ3n) is 5.45. The van der Waals surface area contributed by atoms with Crippen LogP contribution in [0.25, 0.3) is 11.0 Å². The number of fused-ring (bicyclic) bond motifs is 1. The highest BCUT2D eigenvalue weighted by atomic mass is 16.2. The van der Waals surface area contributed by atoms with E-state index in [0.717, 1.165) is 22.4 Å². The first-order chi connectivity index (χ1) is 15.4. The molecule has 2 aromatic carbocycles. The van der Waals surface area contributed by atoms with Crippen molar-refractivity contribution < 1.29 is 4.79 Å². The van der Waals surface area contributed by atoms with E-state index in [2.05, 4.69) is 9.97 Å². The van der Waals surface area contributed by atoms with Crippen molar-refractivity contribution in [1.82, 2.24) is 19.1 Å². The van der Waals surface area contributed by atoms with Gasteiger partial charge in [0.25, 0.3) is 5.56 Å². The minimum atomic E-state index is -0.709. The zero-order valence-corrected chi connectivity index (χ0v) is 17.9. The maximum atomic E-state index is 13.2. The molecule has 4 rings (SSSR count). The fourth-order valence-electron chi connectivity index (χ4n) is 3.76. The van der Waals surface area contributed by atoms with Gasteiger partial charge in [-0.05, 0) is 17.7 Å². The van der Waals surface area contributed by atoms with Gasteiger partial charge in [0.2, 0.25) is 5.91 Å². The molecule has 0 spiro atoms. The number of amides is 1. The summed E-state index contributed by atoms with van der Waals surface area (Å²) < 4.78 is 3.08. The molecular formula is C23H24N6O3. The van der Waals surface area contributed by atoms with E-state index in [-0.39, 0.29) is 30.5 Å². The Labute approximate surface area is 183 Å². The van der Waals surface area contributed by atoms with Crippen molar-refractivity contribution in [3.63, 3.8) is 0 Å². The second-order valence-corrected chi connectivity index (χ2v) is 7.47. The van der Waals surface area contributed by atoms with Gasteiger partial charge in [-0.15, -0.1) is 0 Å². The molecule has 0 radical (unpaired) electrons. The SMILES string of the molecule is CCc1nc2ccccc2n1CC(=O)N(C)c1c(N)n(Cc2ccccc2)c(=O)[nH]c1=O. The second kappa shape index (κ2) is 8.54.